The highest BCUT2D eigenvalue weighted by atomic mass is 16.2. The zero-order valence-corrected chi connectivity index (χ0v) is 16.0. The lowest BCUT2D eigenvalue weighted by Gasteiger charge is -2.25. The third kappa shape index (κ3) is 3.67. The molecule has 1 heterocycles. The highest BCUT2D eigenvalue weighted by Crippen LogP contribution is 2.26. The van der Waals surface area contributed by atoms with Crippen LogP contribution in [0.25, 0.3) is 0 Å². The summed E-state index contributed by atoms with van der Waals surface area (Å²) in [5.74, 6) is -1.27. The van der Waals surface area contributed by atoms with E-state index in [2.05, 4.69) is 5.32 Å². The van der Waals surface area contributed by atoms with Crippen molar-refractivity contribution in [1.82, 2.24) is 4.90 Å². The molecule has 0 aliphatic carbocycles. The van der Waals surface area contributed by atoms with Gasteiger partial charge in [0.2, 0.25) is 5.91 Å². The number of hydrogen-bond acceptors (Lipinski definition) is 3. The number of anilines is 1. The van der Waals surface area contributed by atoms with Crippen LogP contribution in [-0.4, -0.2) is 28.7 Å². The summed E-state index contributed by atoms with van der Waals surface area (Å²) in [5.41, 5.74) is 3.25. The number of nitrogens with zero attached hydrogens (tertiary/aromatic N) is 1. The van der Waals surface area contributed by atoms with Crippen LogP contribution in [0.5, 0.6) is 0 Å². The van der Waals surface area contributed by atoms with E-state index in [0.717, 1.165) is 16.0 Å². The Bertz CT molecular complexity index is 1040. The molecule has 1 atom stereocenters. The molecule has 29 heavy (non-hydrogen) atoms. The van der Waals surface area contributed by atoms with Gasteiger partial charge >= 0.3 is 0 Å². The molecule has 0 radical (unpaired) electrons. The molecule has 0 aromatic heterocycles. The first-order chi connectivity index (χ1) is 14.0. The van der Waals surface area contributed by atoms with E-state index in [0.29, 0.717) is 16.8 Å². The monoisotopic (exact) mass is 384 g/mol. The van der Waals surface area contributed by atoms with Gasteiger partial charge in [0.25, 0.3) is 11.8 Å². The number of carbonyl (C=O) groups excluding carboxylic acids is 3. The Balaban J connectivity index is 1.68. The van der Waals surface area contributed by atoms with Crippen LogP contribution in [0.2, 0.25) is 0 Å². The molecular formula is C24H20N2O3. The van der Waals surface area contributed by atoms with E-state index in [1.807, 2.05) is 49.4 Å². The van der Waals surface area contributed by atoms with Crippen molar-refractivity contribution in [1.29, 1.82) is 0 Å². The van der Waals surface area contributed by atoms with Crippen molar-refractivity contribution in [3.8, 4) is 0 Å². The zero-order valence-electron chi connectivity index (χ0n) is 16.0. The smallest absolute Gasteiger partial charge is 0.262 e. The van der Waals surface area contributed by atoms with Crippen molar-refractivity contribution >= 4 is 23.4 Å². The van der Waals surface area contributed by atoms with Crippen LogP contribution in [0, 0.1) is 6.92 Å². The first-order valence-electron chi connectivity index (χ1n) is 9.43. The predicted molar refractivity (Wildman–Crippen MR) is 111 cm³/mol. The number of hydrogen-bond donors (Lipinski definition) is 1. The molecule has 144 valence electrons. The molecule has 3 aromatic carbocycles. The van der Waals surface area contributed by atoms with Gasteiger partial charge in [-0.25, -0.2) is 0 Å². The summed E-state index contributed by atoms with van der Waals surface area (Å²) in [5, 5.41) is 2.83. The van der Waals surface area contributed by atoms with Crippen molar-refractivity contribution in [3.05, 3.63) is 101 Å². The van der Waals surface area contributed by atoms with E-state index in [1.165, 1.54) is 0 Å². The highest BCUT2D eigenvalue weighted by Gasteiger charge is 2.42. The van der Waals surface area contributed by atoms with Crippen molar-refractivity contribution < 1.29 is 14.4 Å². The molecule has 1 aliphatic rings. The quantitative estimate of drug-likeness (QED) is 0.680. The van der Waals surface area contributed by atoms with Gasteiger partial charge in [-0.2, -0.15) is 0 Å². The molecule has 3 aromatic rings. The molecule has 1 aliphatic heterocycles. The number of benzene rings is 3. The van der Waals surface area contributed by atoms with Gasteiger partial charge in [-0.05, 0) is 36.8 Å². The average Bonchev–Trinajstić information content (AvgIpc) is 2.99. The minimum atomic E-state index is -0.953. The molecule has 0 saturated heterocycles. The molecular weight excluding hydrogens is 364 g/mol. The second-order valence-electron chi connectivity index (χ2n) is 7.09. The summed E-state index contributed by atoms with van der Waals surface area (Å²) in [4.78, 5) is 40.2. The molecule has 0 saturated carbocycles. The number of amides is 3. The van der Waals surface area contributed by atoms with E-state index in [4.69, 9.17) is 0 Å². The first kappa shape index (κ1) is 18.6. The normalized spacial score (nSPS) is 13.9. The summed E-state index contributed by atoms with van der Waals surface area (Å²) in [6.45, 7) is 1.98. The van der Waals surface area contributed by atoms with Crippen molar-refractivity contribution in [3.63, 3.8) is 0 Å². The molecule has 0 fully saturated rings. The van der Waals surface area contributed by atoms with Crippen LogP contribution in [0.4, 0.5) is 5.69 Å². The van der Waals surface area contributed by atoms with Crippen LogP contribution in [0.1, 0.15) is 31.8 Å². The SMILES string of the molecule is Cc1ccc(CC(C(=O)Nc2ccccc2)N2C(=O)c3ccccc3C2=O)cc1. The van der Waals surface area contributed by atoms with Gasteiger partial charge in [0, 0.05) is 12.1 Å². The Hall–Kier alpha value is -3.73. The lowest BCUT2D eigenvalue weighted by molar-refractivity contribution is -0.119. The van der Waals surface area contributed by atoms with E-state index in [-0.39, 0.29) is 6.42 Å². The Morgan fingerprint density at radius 2 is 1.38 bits per heavy atom. The molecule has 1 N–H and O–H groups in total. The summed E-state index contributed by atoms with van der Waals surface area (Å²) < 4.78 is 0. The van der Waals surface area contributed by atoms with Crippen LogP contribution in [0.3, 0.4) is 0 Å². The maximum atomic E-state index is 13.2. The van der Waals surface area contributed by atoms with Gasteiger partial charge in [-0.1, -0.05) is 60.2 Å². The highest BCUT2D eigenvalue weighted by molar-refractivity contribution is 6.23. The predicted octanol–water partition coefficient (Wildman–Crippen LogP) is 3.84. The van der Waals surface area contributed by atoms with E-state index < -0.39 is 23.8 Å². The van der Waals surface area contributed by atoms with Gasteiger partial charge in [-0.3, -0.25) is 19.3 Å². The molecule has 5 heteroatoms. The Kier molecular flexibility index (Phi) is 4.96. The maximum Gasteiger partial charge on any atom is 0.262 e. The minimum absolute atomic E-state index is 0.240. The average molecular weight is 384 g/mol. The number of fused-ring (bicyclic) bond motifs is 1. The second kappa shape index (κ2) is 7.72. The molecule has 3 amide bonds. The number of rotatable bonds is 5. The molecule has 0 spiro atoms. The molecule has 0 bridgehead atoms. The van der Waals surface area contributed by atoms with Crippen molar-refractivity contribution in [2.45, 2.75) is 19.4 Å². The fourth-order valence-corrected chi connectivity index (χ4v) is 3.49. The third-order valence-corrected chi connectivity index (χ3v) is 5.03. The van der Waals surface area contributed by atoms with E-state index in [9.17, 15) is 14.4 Å². The number of imide groups is 1. The molecule has 4 rings (SSSR count). The van der Waals surface area contributed by atoms with Crippen molar-refractivity contribution in [2.75, 3.05) is 5.32 Å². The lowest BCUT2D eigenvalue weighted by atomic mass is 10.0. The van der Waals surface area contributed by atoms with Gasteiger partial charge in [0.15, 0.2) is 0 Å². The Morgan fingerprint density at radius 3 is 1.97 bits per heavy atom. The van der Waals surface area contributed by atoms with Gasteiger partial charge in [-0.15, -0.1) is 0 Å². The topological polar surface area (TPSA) is 66.5 Å². The van der Waals surface area contributed by atoms with Crippen LogP contribution in [0.15, 0.2) is 78.9 Å². The van der Waals surface area contributed by atoms with Crippen molar-refractivity contribution in [2.24, 2.45) is 0 Å². The van der Waals surface area contributed by atoms with Gasteiger partial charge in [0.05, 0.1) is 11.1 Å². The first-order valence-corrected chi connectivity index (χ1v) is 9.43. The minimum Gasteiger partial charge on any atom is -0.324 e. The Morgan fingerprint density at radius 1 is 0.828 bits per heavy atom. The number of aryl methyl sites for hydroxylation is 1. The standard InChI is InChI=1S/C24H20N2O3/c1-16-11-13-17(14-12-16)15-21(22(27)25-18-7-3-2-4-8-18)26-23(28)19-9-5-6-10-20(19)24(26)29/h2-14,21H,15H2,1H3,(H,25,27). The zero-order chi connectivity index (χ0) is 20.4. The van der Waals surface area contributed by atoms with Gasteiger partial charge in [0.1, 0.15) is 6.04 Å². The summed E-state index contributed by atoms with van der Waals surface area (Å²) in [7, 11) is 0. The molecule has 1 unspecified atom stereocenters. The number of para-hydroxylation sites is 1. The number of carbonyl (C=O) groups is 3. The van der Waals surface area contributed by atoms with E-state index in [1.54, 1.807) is 36.4 Å². The second-order valence-corrected chi connectivity index (χ2v) is 7.09. The van der Waals surface area contributed by atoms with Crippen LogP contribution < -0.4 is 5.32 Å². The van der Waals surface area contributed by atoms with Crippen LogP contribution in [-0.2, 0) is 11.2 Å². The molecule has 5 nitrogen and oxygen atoms in total. The maximum absolute atomic E-state index is 13.2. The summed E-state index contributed by atoms with van der Waals surface area (Å²) >= 11 is 0. The van der Waals surface area contributed by atoms with E-state index >= 15 is 0 Å². The summed E-state index contributed by atoms with van der Waals surface area (Å²) in [6.07, 6.45) is 0.240. The number of nitrogens with one attached hydrogen (secondary N) is 1. The van der Waals surface area contributed by atoms with Crippen LogP contribution >= 0.6 is 0 Å². The Labute approximate surface area is 169 Å². The third-order valence-electron chi connectivity index (χ3n) is 5.03. The lowest BCUT2D eigenvalue weighted by Crippen LogP contribution is -2.48. The fraction of sp³-hybridized carbons (Fsp3) is 0.125. The largest absolute Gasteiger partial charge is 0.324 e. The fourth-order valence-electron chi connectivity index (χ4n) is 3.49. The van der Waals surface area contributed by atoms with Gasteiger partial charge < -0.3 is 5.32 Å². The summed E-state index contributed by atoms with van der Waals surface area (Å²) in [6, 6.07) is 22.4.